The second-order valence-corrected chi connectivity index (χ2v) is 7.38. The molecule has 0 bridgehead atoms. The normalized spacial score (nSPS) is 14.4. The van der Waals surface area contributed by atoms with Crippen molar-refractivity contribution < 1.29 is 13.3 Å². The zero-order valence-corrected chi connectivity index (χ0v) is 12.9. The molecule has 1 aliphatic heterocycles. The fourth-order valence-corrected chi connectivity index (χ4v) is 4.56. The van der Waals surface area contributed by atoms with Crippen molar-refractivity contribution in [2.45, 2.75) is 17.9 Å². The highest BCUT2D eigenvalue weighted by molar-refractivity contribution is 7.93. The molecular weight excluding hydrogens is 328 g/mol. The van der Waals surface area contributed by atoms with Gasteiger partial charge in [-0.1, -0.05) is 23.5 Å². The molecule has 2 aromatic rings. The Morgan fingerprint density at radius 3 is 2.86 bits per heavy atom. The predicted molar refractivity (Wildman–Crippen MR) is 81.4 cm³/mol. The monoisotopic (exact) mass is 340 g/mol. The second kappa shape index (κ2) is 5.63. The fraction of sp³-hybridized carbons (Fsp3) is 0.250. The van der Waals surface area contributed by atoms with Crippen LogP contribution in [-0.2, 0) is 23.0 Å². The lowest BCUT2D eigenvalue weighted by molar-refractivity contribution is -0.387. The number of rotatable bonds is 4. The third kappa shape index (κ3) is 2.80. The molecule has 0 saturated heterocycles. The van der Waals surface area contributed by atoms with Crippen LogP contribution < -0.4 is 10.0 Å². The number of nitrogens with zero attached hydrogens (tertiary/aromatic N) is 2. The van der Waals surface area contributed by atoms with Gasteiger partial charge < -0.3 is 5.32 Å². The van der Waals surface area contributed by atoms with Crippen molar-refractivity contribution in [1.82, 2.24) is 10.3 Å². The lowest BCUT2D eigenvalue weighted by Crippen LogP contribution is -2.22. The van der Waals surface area contributed by atoms with Gasteiger partial charge in [-0.3, -0.25) is 14.8 Å². The summed E-state index contributed by atoms with van der Waals surface area (Å²) in [6.07, 6.45) is 0.735. The highest BCUT2D eigenvalue weighted by Crippen LogP contribution is 2.29. The van der Waals surface area contributed by atoms with Crippen LogP contribution in [0.5, 0.6) is 0 Å². The van der Waals surface area contributed by atoms with E-state index >= 15 is 0 Å². The van der Waals surface area contributed by atoms with E-state index in [-0.39, 0.29) is 10.0 Å². The van der Waals surface area contributed by atoms with Crippen molar-refractivity contribution in [1.29, 1.82) is 0 Å². The summed E-state index contributed by atoms with van der Waals surface area (Å²) in [6.45, 7) is 1.45. The van der Waals surface area contributed by atoms with Gasteiger partial charge in [0.05, 0.1) is 10.6 Å². The maximum atomic E-state index is 12.4. The Bertz CT molecular complexity index is 808. The summed E-state index contributed by atoms with van der Waals surface area (Å²) in [4.78, 5) is 15.1. The molecule has 0 atom stereocenters. The summed E-state index contributed by atoms with van der Waals surface area (Å²) in [7, 11) is -4.05. The Morgan fingerprint density at radius 1 is 1.36 bits per heavy atom. The summed E-state index contributed by atoms with van der Waals surface area (Å²) in [6, 6.07) is 5.23. The van der Waals surface area contributed by atoms with Crippen molar-refractivity contribution in [3.8, 4) is 0 Å². The molecule has 0 aliphatic carbocycles. The highest BCUT2D eigenvalue weighted by atomic mass is 32.2. The van der Waals surface area contributed by atoms with Gasteiger partial charge in [0.2, 0.25) is 0 Å². The van der Waals surface area contributed by atoms with Gasteiger partial charge in [0.15, 0.2) is 10.0 Å². The van der Waals surface area contributed by atoms with Crippen LogP contribution in [0.3, 0.4) is 0 Å². The molecule has 22 heavy (non-hydrogen) atoms. The number of aromatic nitrogens is 1. The van der Waals surface area contributed by atoms with Crippen LogP contribution >= 0.6 is 11.3 Å². The van der Waals surface area contributed by atoms with E-state index < -0.39 is 20.6 Å². The third-order valence-electron chi connectivity index (χ3n) is 3.18. The van der Waals surface area contributed by atoms with Crippen LogP contribution in [0, 0.1) is 10.1 Å². The van der Waals surface area contributed by atoms with Gasteiger partial charge in [0.25, 0.3) is 15.7 Å². The van der Waals surface area contributed by atoms with Crippen molar-refractivity contribution in [3.63, 3.8) is 0 Å². The molecule has 8 nitrogen and oxygen atoms in total. The van der Waals surface area contributed by atoms with E-state index in [4.69, 9.17) is 0 Å². The highest BCUT2D eigenvalue weighted by Gasteiger charge is 2.26. The van der Waals surface area contributed by atoms with E-state index in [1.807, 2.05) is 0 Å². The average molecular weight is 340 g/mol. The summed E-state index contributed by atoms with van der Waals surface area (Å²) >= 11 is 1.24. The second-order valence-electron chi connectivity index (χ2n) is 4.65. The number of benzene rings is 1. The number of nitro benzene ring substituents is 1. The molecular formula is C12H12N4O4S2. The fourth-order valence-electron chi connectivity index (χ4n) is 2.17. The molecule has 1 aromatic carbocycles. The summed E-state index contributed by atoms with van der Waals surface area (Å²) < 4.78 is 27.1. The van der Waals surface area contributed by atoms with Crippen LogP contribution in [0.1, 0.15) is 10.6 Å². The van der Waals surface area contributed by atoms with Gasteiger partial charge in [-0.25, -0.2) is 13.4 Å². The molecule has 0 radical (unpaired) electrons. The molecule has 2 N–H and O–H groups in total. The number of nitrogens with one attached hydrogen (secondary N) is 2. The van der Waals surface area contributed by atoms with Gasteiger partial charge in [0, 0.05) is 30.5 Å². The summed E-state index contributed by atoms with van der Waals surface area (Å²) in [5.41, 5.74) is 0.405. The van der Waals surface area contributed by atoms with Gasteiger partial charge in [0.1, 0.15) is 0 Å². The number of anilines is 1. The van der Waals surface area contributed by atoms with Crippen LogP contribution in [0.2, 0.25) is 0 Å². The van der Waals surface area contributed by atoms with Crippen LogP contribution in [0.4, 0.5) is 10.8 Å². The maximum Gasteiger partial charge on any atom is 0.289 e. The molecule has 0 saturated carbocycles. The van der Waals surface area contributed by atoms with Crippen LogP contribution in [0.15, 0.2) is 29.2 Å². The molecule has 0 amide bonds. The SMILES string of the molecule is O=[N+]([O-])c1ccccc1S(=O)(=O)Nc1nc2c(s1)CNCC2. The van der Waals surface area contributed by atoms with Gasteiger partial charge in [-0.15, -0.1) is 0 Å². The molecule has 0 unspecified atom stereocenters. The Labute approximate surface area is 130 Å². The first-order valence-electron chi connectivity index (χ1n) is 6.43. The van der Waals surface area contributed by atoms with Crippen LogP contribution in [-0.4, -0.2) is 24.9 Å². The number of hydrogen-bond donors (Lipinski definition) is 2. The molecule has 0 fully saturated rings. The van der Waals surface area contributed by atoms with Crippen molar-refractivity contribution in [3.05, 3.63) is 45.0 Å². The van der Waals surface area contributed by atoms with E-state index in [1.165, 1.54) is 29.5 Å². The quantitative estimate of drug-likeness (QED) is 0.644. The standard InChI is InChI=1S/C12H12N4O4S2/c17-16(18)9-3-1-2-4-11(9)22(19,20)15-12-14-8-5-6-13-7-10(8)21-12/h1-4,13H,5-7H2,(H,14,15). The number of hydrogen-bond acceptors (Lipinski definition) is 7. The number of nitro groups is 1. The lowest BCUT2D eigenvalue weighted by Gasteiger charge is -2.09. The Hall–Kier alpha value is -2.04. The van der Waals surface area contributed by atoms with E-state index in [1.54, 1.807) is 0 Å². The minimum Gasteiger partial charge on any atom is -0.311 e. The smallest absolute Gasteiger partial charge is 0.289 e. The topological polar surface area (TPSA) is 114 Å². The average Bonchev–Trinajstić information content (AvgIpc) is 2.88. The molecule has 2 heterocycles. The number of para-hydroxylation sites is 1. The maximum absolute atomic E-state index is 12.4. The Balaban J connectivity index is 1.94. The predicted octanol–water partition coefficient (Wildman–Crippen LogP) is 1.50. The third-order valence-corrected chi connectivity index (χ3v) is 5.70. The van der Waals surface area contributed by atoms with E-state index in [9.17, 15) is 18.5 Å². The first-order valence-corrected chi connectivity index (χ1v) is 8.73. The zero-order chi connectivity index (χ0) is 15.7. The number of sulfonamides is 1. The van der Waals surface area contributed by atoms with Gasteiger partial charge >= 0.3 is 0 Å². The zero-order valence-electron chi connectivity index (χ0n) is 11.3. The Morgan fingerprint density at radius 2 is 2.14 bits per heavy atom. The van der Waals surface area contributed by atoms with Crippen molar-refractivity contribution in [2.24, 2.45) is 0 Å². The van der Waals surface area contributed by atoms with Gasteiger partial charge in [-0.05, 0) is 6.07 Å². The minimum absolute atomic E-state index is 0.229. The van der Waals surface area contributed by atoms with Gasteiger partial charge in [-0.2, -0.15) is 0 Å². The molecule has 1 aliphatic rings. The number of thiazole rings is 1. The van der Waals surface area contributed by atoms with Crippen LogP contribution in [0.25, 0.3) is 0 Å². The number of fused-ring (bicyclic) bond motifs is 1. The summed E-state index contributed by atoms with van der Waals surface area (Å²) in [5.74, 6) is 0. The molecule has 0 spiro atoms. The summed E-state index contributed by atoms with van der Waals surface area (Å²) in [5, 5.41) is 14.4. The molecule has 10 heteroatoms. The van der Waals surface area contributed by atoms with Crippen molar-refractivity contribution in [2.75, 3.05) is 11.3 Å². The van der Waals surface area contributed by atoms with E-state index in [0.29, 0.717) is 6.54 Å². The van der Waals surface area contributed by atoms with E-state index in [0.717, 1.165) is 29.6 Å². The lowest BCUT2D eigenvalue weighted by atomic mass is 10.2. The van der Waals surface area contributed by atoms with E-state index in [2.05, 4.69) is 15.0 Å². The molecule has 1 aromatic heterocycles. The largest absolute Gasteiger partial charge is 0.311 e. The molecule has 3 rings (SSSR count). The Kier molecular flexibility index (Phi) is 3.81. The first-order chi connectivity index (χ1) is 10.5. The molecule has 116 valence electrons. The first kappa shape index (κ1) is 14.9. The minimum atomic E-state index is -4.05. The van der Waals surface area contributed by atoms with Crippen molar-refractivity contribution >= 4 is 32.2 Å².